The van der Waals surface area contributed by atoms with Gasteiger partial charge in [0.15, 0.2) is 5.75 Å². The van der Waals surface area contributed by atoms with Crippen LogP contribution in [0.1, 0.15) is 109 Å². The fourth-order valence-corrected chi connectivity index (χ4v) is 9.73. The van der Waals surface area contributed by atoms with Crippen molar-refractivity contribution in [3.8, 4) is 11.5 Å². The molecule has 7 rings (SSSR count). The maximum absolute atomic E-state index is 14.7. The first-order valence-corrected chi connectivity index (χ1v) is 21.1. The largest absolute Gasteiger partial charge is 0.497 e. The molecule has 2 aromatic rings. The molecule has 2 saturated carbocycles. The van der Waals surface area contributed by atoms with E-state index in [1.807, 2.05) is 19.1 Å². The lowest BCUT2D eigenvalue weighted by Gasteiger charge is -2.37. The molecule has 3 aliphatic heterocycles. The number of benzene rings is 1. The summed E-state index contributed by atoms with van der Waals surface area (Å²) >= 11 is 0. The highest BCUT2D eigenvalue weighted by molar-refractivity contribution is 7.91. The number of esters is 1. The Kier molecular flexibility index (Phi) is 10.8. The van der Waals surface area contributed by atoms with Crippen molar-refractivity contribution in [2.24, 2.45) is 11.8 Å². The molecule has 2 aliphatic carbocycles. The number of pyridine rings is 1. The van der Waals surface area contributed by atoms with Gasteiger partial charge in [0.05, 0.1) is 36.9 Å². The van der Waals surface area contributed by atoms with Gasteiger partial charge in [-0.05, 0) is 82.9 Å². The molecule has 1 spiro atoms. The minimum Gasteiger partial charge on any atom is -0.497 e. The van der Waals surface area contributed by atoms with Gasteiger partial charge in [0, 0.05) is 29.2 Å². The van der Waals surface area contributed by atoms with Gasteiger partial charge in [-0.15, -0.1) is 0 Å². The van der Waals surface area contributed by atoms with Crippen LogP contribution in [0.4, 0.5) is 8.78 Å². The number of sulfonamides is 1. The Hall–Kier alpha value is -4.34. The minimum absolute atomic E-state index is 0.107. The molecule has 1 aromatic carbocycles. The molecular formula is C40H50F2N4O9S. The van der Waals surface area contributed by atoms with Crippen LogP contribution in [0.5, 0.6) is 11.5 Å². The molecule has 5 aliphatic rings. The third-order valence-electron chi connectivity index (χ3n) is 12.2. The standard InChI is InChI=1S/C40H50F2N4O9S/c1-4-18-54-31(47)19-24-10-8-6-5-7-9-11-25-21-40(25,37(50)45-56(51,52)38(2)16-17-38)44-35(48)30-22-39(23-46(30)36(24)49)15-14-27-28-20-26(53-3)12-13-29(28)43-32(34(41)42)33(27)55-39/h9,11-13,20,24-25,30,34H,4-8,10,14-19,21-23H2,1-3H3,(H,44,48)(H,45,50)/b11-9-/t24-,25-,30+,39-,40-/m1/s1. The number of amides is 3. The molecule has 2 N–H and O–H groups in total. The number of hydrogen-bond donors (Lipinski definition) is 2. The van der Waals surface area contributed by atoms with Gasteiger partial charge in [0.1, 0.15) is 28.6 Å². The van der Waals surface area contributed by atoms with E-state index in [0.29, 0.717) is 60.7 Å². The molecule has 1 aromatic heterocycles. The molecule has 304 valence electrons. The highest BCUT2D eigenvalue weighted by Crippen LogP contribution is 2.50. The molecule has 4 heterocycles. The first-order valence-electron chi connectivity index (χ1n) is 19.6. The summed E-state index contributed by atoms with van der Waals surface area (Å²) in [7, 11) is -2.54. The van der Waals surface area contributed by atoms with Crippen LogP contribution in [-0.2, 0) is 40.4 Å². The second kappa shape index (κ2) is 15.2. The van der Waals surface area contributed by atoms with Crippen LogP contribution in [0.2, 0.25) is 0 Å². The molecule has 16 heteroatoms. The summed E-state index contributed by atoms with van der Waals surface area (Å²) in [5.41, 5.74) is -2.59. The lowest BCUT2D eigenvalue weighted by molar-refractivity contribution is -0.150. The summed E-state index contributed by atoms with van der Waals surface area (Å²) in [6, 6.07) is 3.72. The van der Waals surface area contributed by atoms with Crippen LogP contribution in [0.3, 0.4) is 0 Å². The topological polar surface area (TPSA) is 170 Å². The van der Waals surface area contributed by atoms with Crippen molar-refractivity contribution < 1.29 is 50.6 Å². The van der Waals surface area contributed by atoms with Crippen LogP contribution < -0.4 is 19.5 Å². The number of carbonyl (C=O) groups is 4. The van der Waals surface area contributed by atoms with E-state index in [0.717, 1.165) is 12.8 Å². The number of aryl methyl sites for hydroxylation is 1. The van der Waals surface area contributed by atoms with Gasteiger partial charge in [-0.2, -0.15) is 0 Å². The summed E-state index contributed by atoms with van der Waals surface area (Å²) in [6.07, 6.45) is 5.68. The Bertz CT molecular complexity index is 2060. The number of methoxy groups -OCH3 is 1. The van der Waals surface area contributed by atoms with Crippen LogP contribution in [0, 0.1) is 11.8 Å². The summed E-state index contributed by atoms with van der Waals surface area (Å²) < 4.78 is 74.2. The van der Waals surface area contributed by atoms with Gasteiger partial charge >= 0.3 is 5.97 Å². The number of fused-ring (bicyclic) bond motifs is 5. The number of hydrogen-bond acceptors (Lipinski definition) is 10. The van der Waals surface area contributed by atoms with Gasteiger partial charge in [-0.3, -0.25) is 23.9 Å². The second-order valence-electron chi connectivity index (χ2n) is 16.3. The third-order valence-corrected chi connectivity index (χ3v) is 14.4. The van der Waals surface area contributed by atoms with E-state index >= 15 is 0 Å². The maximum atomic E-state index is 14.7. The van der Waals surface area contributed by atoms with E-state index in [4.69, 9.17) is 14.2 Å². The number of nitrogens with one attached hydrogen (secondary N) is 2. The SMILES string of the molecule is CCCOC(=O)C[C@H]1CCCCC/C=C\[C@@H]2C[C@@]2(C(=O)NS(=O)(=O)C2(C)CC2)NC(=O)[C@@H]2C[C@]3(CCc4c(c(C(F)F)nc5ccc(OC)cc45)O3)CN2C1=O. The zero-order valence-electron chi connectivity index (χ0n) is 32.0. The van der Waals surface area contributed by atoms with Gasteiger partial charge in [-0.1, -0.05) is 31.9 Å². The van der Waals surface area contributed by atoms with E-state index in [-0.39, 0.29) is 51.0 Å². The quantitative estimate of drug-likeness (QED) is 0.254. The van der Waals surface area contributed by atoms with Crippen LogP contribution >= 0.6 is 0 Å². The van der Waals surface area contributed by atoms with Crippen LogP contribution in [0.25, 0.3) is 10.9 Å². The fourth-order valence-electron chi connectivity index (χ4n) is 8.42. The number of rotatable bonds is 9. The molecule has 13 nitrogen and oxygen atoms in total. The van der Waals surface area contributed by atoms with E-state index < -0.39 is 79.6 Å². The number of nitrogens with zero attached hydrogens (tertiary/aromatic N) is 2. The summed E-state index contributed by atoms with van der Waals surface area (Å²) in [5, 5.41) is 3.45. The fraction of sp³-hybridized carbons (Fsp3) is 0.625. The highest BCUT2D eigenvalue weighted by Gasteiger charge is 2.64. The van der Waals surface area contributed by atoms with Crippen molar-refractivity contribution in [3.05, 3.63) is 41.6 Å². The Labute approximate surface area is 325 Å². The second-order valence-corrected chi connectivity index (χ2v) is 18.5. The van der Waals surface area contributed by atoms with E-state index in [2.05, 4.69) is 15.0 Å². The minimum atomic E-state index is -4.04. The Morgan fingerprint density at radius 3 is 2.64 bits per heavy atom. The summed E-state index contributed by atoms with van der Waals surface area (Å²) in [6.45, 7) is 3.46. The summed E-state index contributed by atoms with van der Waals surface area (Å²) in [4.78, 5) is 61.8. The van der Waals surface area contributed by atoms with Crippen molar-refractivity contribution >= 4 is 44.6 Å². The van der Waals surface area contributed by atoms with E-state index in [1.54, 1.807) is 25.1 Å². The molecule has 3 amide bonds. The normalized spacial score (nSPS) is 29.2. The zero-order valence-corrected chi connectivity index (χ0v) is 32.9. The van der Waals surface area contributed by atoms with Crippen molar-refractivity contribution in [1.29, 1.82) is 0 Å². The Morgan fingerprint density at radius 1 is 1.14 bits per heavy atom. The maximum Gasteiger partial charge on any atom is 0.306 e. The highest BCUT2D eigenvalue weighted by atomic mass is 32.2. The zero-order chi connectivity index (χ0) is 40.0. The van der Waals surface area contributed by atoms with Crippen molar-refractivity contribution in [2.45, 2.75) is 126 Å². The number of allylic oxidation sites excluding steroid dienone is 1. The first-order chi connectivity index (χ1) is 26.6. The molecule has 0 bridgehead atoms. The number of alkyl halides is 2. The number of ether oxygens (including phenoxy) is 3. The van der Waals surface area contributed by atoms with E-state index in [1.165, 1.54) is 12.0 Å². The molecule has 3 fully saturated rings. The predicted molar refractivity (Wildman–Crippen MR) is 200 cm³/mol. The Morgan fingerprint density at radius 2 is 1.93 bits per heavy atom. The first kappa shape index (κ1) is 39.9. The molecule has 0 unspecified atom stereocenters. The van der Waals surface area contributed by atoms with Crippen molar-refractivity contribution in [3.63, 3.8) is 0 Å². The van der Waals surface area contributed by atoms with E-state index in [9.17, 15) is 36.4 Å². The van der Waals surface area contributed by atoms with Gasteiger partial charge in [-0.25, -0.2) is 22.2 Å². The average Bonchev–Trinajstić information content (AvgIpc) is 4.06. The molecule has 5 atom stereocenters. The lowest BCUT2D eigenvalue weighted by Crippen LogP contribution is -2.57. The third kappa shape index (κ3) is 7.57. The molecule has 56 heavy (non-hydrogen) atoms. The van der Waals surface area contributed by atoms with Crippen LogP contribution in [-0.4, -0.2) is 84.2 Å². The Balaban J connectivity index is 1.25. The van der Waals surface area contributed by atoms with Gasteiger partial charge in [0.2, 0.25) is 21.8 Å². The average molecular weight is 801 g/mol. The molecular weight excluding hydrogens is 751 g/mol. The number of aromatic nitrogens is 1. The van der Waals surface area contributed by atoms with Crippen LogP contribution in [0.15, 0.2) is 30.4 Å². The predicted octanol–water partition coefficient (Wildman–Crippen LogP) is 5.20. The molecule has 1 saturated heterocycles. The van der Waals surface area contributed by atoms with Gasteiger partial charge in [0.25, 0.3) is 12.3 Å². The van der Waals surface area contributed by atoms with Crippen molar-refractivity contribution in [1.82, 2.24) is 19.9 Å². The molecule has 0 radical (unpaired) electrons. The smallest absolute Gasteiger partial charge is 0.306 e. The summed E-state index contributed by atoms with van der Waals surface area (Å²) in [5.74, 6) is -3.52. The van der Waals surface area contributed by atoms with Gasteiger partial charge < -0.3 is 24.4 Å². The lowest BCUT2D eigenvalue weighted by atomic mass is 9.87. The number of carbonyl (C=O) groups excluding carboxylic acids is 4. The number of halogens is 2. The van der Waals surface area contributed by atoms with Crippen molar-refractivity contribution in [2.75, 3.05) is 20.3 Å². The monoisotopic (exact) mass is 800 g/mol.